The fraction of sp³-hybridized carbons (Fsp3) is 0.491. The van der Waals surface area contributed by atoms with Crippen LogP contribution in [0.4, 0.5) is 14.0 Å². The van der Waals surface area contributed by atoms with Crippen LogP contribution >= 0.6 is 11.3 Å². The van der Waals surface area contributed by atoms with E-state index in [0.717, 1.165) is 57.7 Å². The lowest BCUT2D eigenvalue weighted by Gasteiger charge is -2.40. The van der Waals surface area contributed by atoms with Gasteiger partial charge >= 0.3 is 12.2 Å². The van der Waals surface area contributed by atoms with Crippen molar-refractivity contribution in [3.8, 4) is 39.5 Å². The molecule has 0 spiro atoms. The number of alkyl carbamates (subject to hydrolysis) is 2. The number of aryl methyl sites for hydroxylation is 1. The van der Waals surface area contributed by atoms with Crippen LogP contribution in [-0.2, 0) is 30.2 Å². The van der Waals surface area contributed by atoms with Crippen LogP contribution in [0.2, 0.25) is 0 Å². The molecule has 0 aliphatic carbocycles. The molecule has 4 aliphatic heterocycles. The number of amides is 4. The minimum atomic E-state index is -0.778. The van der Waals surface area contributed by atoms with Crippen molar-refractivity contribution >= 4 is 46.2 Å². The Morgan fingerprint density at radius 2 is 1.53 bits per heavy atom. The third-order valence-electron chi connectivity index (χ3n) is 14.7. The van der Waals surface area contributed by atoms with Crippen LogP contribution in [0.25, 0.3) is 44.7 Å². The summed E-state index contributed by atoms with van der Waals surface area (Å²) < 4.78 is 41.6. The number of hydrogen-bond acceptors (Lipinski definition) is 12. The van der Waals surface area contributed by atoms with Crippen molar-refractivity contribution in [3.05, 3.63) is 82.3 Å². The highest BCUT2D eigenvalue weighted by atomic mass is 32.1. The van der Waals surface area contributed by atoms with Crippen LogP contribution < -0.4 is 15.4 Å². The van der Waals surface area contributed by atoms with E-state index in [1.807, 2.05) is 67.6 Å². The summed E-state index contributed by atoms with van der Waals surface area (Å²) in [5, 5.41) is 7.39. The Kier molecular flexibility index (Phi) is 13.8. The molecule has 3 saturated heterocycles. The van der Waals surface area contributed by atoms with Crippen LogP contribution in [0.15, 0.2) is 55.0 Å². The van der Waals surface area contributed by atoms with Gasteiger partial charge in [0.25, 0.3) is 0 Å². The lowest BCUT2D eigenvalue weighted by molar-refractivity contribution is -0.139. The summed E-state index contributed by atoms with van der Waals surface area (Å²) in [5.74, 6) is 0.402. The highest BCUT2D eigenvalue weighted by Crippen LogP contribution is 2.48. The Morgan fingerprint density at radius 3 is 2.19 bits per heavy atom. The van der Waals surface area contributed by atoms with E-state index < -0.39 is 41.9 Å². The van der Waals surface area contributed by atoms with Crippen molar-refractivity contribution in [3.63, 3.8) is 0 Å². The summed E-state index contributed by atoms with van der Waals surface area (Å²) >= 11 is 1.57. The summed E-state index contributed by atoms with van der Waals surface area (Å²) in [6.07, 6.45) is 9.21. The largest absolute Gasteiger partial charge is 0.464 e. The second kappa shape index (κ2) is 20.2. The summed E-state index contributed by atoms with van der Waals surface area (Å²) in [7, 11) is 2.57. The second-order valence-corrected chi connectivity index (χ2v) is 21.6. The van der Waals surface area contributed by atoms with Gasteiger partial charge in [-0.05, 0) is 107 Å². The van der Waals surface area contributed by atoms with Crippen LogP contribution in [0.3, 0.4) is 0 Å². The van der Waals surface area contributed by atoms with Crippen molar-refractivity contribution in [1.82, 2.24) is 49.9 Å². The first-order chi connectivity index (χ1) is 35.1. The van der Waals surface area contributed by atoms with Crippen LogP contribution in [0, 0.1) is 17.7 Å². The molecule has 386 valence electrons. The van der Waals surface area contributed by atoms with Gasteiger partial charge in [0.15, 0.2) is 0 Å². The molecule has 6 aromatic rings. The third-order valence-corrected chi connectivity index (χ3v) is 15.8. The van der Waals surface area contributed by atoms with Gasteiger partial charge in [-0.1, -0.05) is 26.8 Å². The van der Waals surface area contributed by atoms with Crippen LogP contribution in [0.1, 0.15) is 119 Å². The number of rotatable bonds is 13. The molecule has 3 unspecified atom stereocenters. The fourth-order valence-corrected chi connectivity index (χ4v) is 12.2. The number of likely N-dealkylation sites (tertiary alicyclic amines) is 2. The topological polar surface area (TPSA) is 211 Å². The predicted octanol–water partition coefficient (Wildman–Crippen LogP) is 9.21. The molecule has 4 N–H and O–H groups in total. The number of nitrogens with one attached hydrogen (secondary N) is 4. The van der Waals surface area contributed by atoms with Crippen molar-refractivity contribution in [2.45, 2.75) is 122 Å². The first-order valence-electron chi connectivity index (χ1n) is 25.3. The predicted molar refractivity (Wildman–Crippen MR) is 271 cm³/mol. The number of carbonyl (C=O) groups is 4. The van der Waals surface area contributed by atoms with Crippen molar-refractivity contribution in [1.29, 1.82) is 0 Å². The molecule has 4 aromatic heterocycles. The highest BCUT2D eigenvalue weighted by Gasteiger charge is 2.43. The van der Waals surface area contributed by atoms with Gasteiger partial charge in [0, 0.05) is 42.4 Å². The van der Waals surface area contributed by atoms with Gasteiger partial charge in [-0.25, -0.2) is 28.9 Å². The van der Waals surface area contributed by atoms with E-state index in [1.54, 1.807) is 28.6 Å². The van der Waals surface area contributed by atoms with Crippen molar-refractivity contribution in [2.24, 2.45) is 11.8 Å². The molecular formula is C53H63FN10O8S. The minimum absolute atomic E-state index is 0.133. The molecule has 0 radical (unpaired) electrons. The van der Waals surface area contributed by atoms with Gasteiger partial charge < -0.3 is 49.3 Å². The van der Waals surface area contributed by atoms with Crippen molar-refractivity contribution < 1.29 is 42.5 Å². The van der Waals surface area contributed by atoms with E-state index in [4.69, 9.17) is 33.9 Å². The number of carbonyl (C=O) groups excluding carboxylic acids is 4. The molecule has 73 heavy (non-hydrogen) atoms. The molecule has 3 fully saturated rings. The first-order valence-corrected chi connectivity index (χ1v) is 26.1. The number of aromatic amines is 2. The van der Waals surface area contributed by atoms with E-state index in [1.165, 1.54) is 20.3 Å². The maximum atomic E-state index is 17.0. The number of ether oxygens (including phenoxy) is 4. The zero-order valence-electron chi connectivity index (χ0n) is 42.3. The first kappa shape index (κ1) is 49.8. The van der Waals surface area contributed by atoms with Gasteiger partial charge in [-0.15, -0.1) is 11.3 Å². The lowest BCUT2D eigenvalue weighted by atomic mass is 9.82. The average Bonchev–Trinajstić information content (AvgIpc) is 4.24. The van der Waals surface area contributed by atoms with Gasteiger partial charge in [0.05, 0.1) is 82.3 Å². The Labute approximate surface area is 426 Å². The zero-order valence-corrected chi connectivity index (χ0v) is 43.1. The number of H-pyrrole nitrogens is 2. The summed E-state index contributed by atoms with van der Waals surface area (Å²) in [4.78, 5) is 78.6. The molecule has 4 aliphatic rings. The SMILES string of the molecule is CCCc1ncc(C2Oc3cc(-c4cnc([C@@H]5CCCN5C(=O)[C@@H](NC(=O)OC)C(C)C)[nH]4)cc(F)c3-c3cc4cc(-c5cnc([C@@H]6CCCN6C(=O)C(NC(=O)OC)C6CCOC(C)(C)C6)[nH]5)ccc4n32)s1. The number of methoxy groups -OCH3 is 2. The fourth-order valence-electron chi connectivity index (χ4n) is 11.2. The highest BCUT2D eigenvalue weighted by molar-refractivity contribution is 7.11. The third kappa shape index (κ3) is 9.66. The molecular weight excluding hydrogens is 956 g/mol. The lowest BCUT2D eigenvalue weighted by Crippen LogP contribution is -2.54. The number of nitrogens with zero attached hydrogens (tertiary/aromatic N) is 6. The van der Waals surface area contributed by atoms with E-state index in [2.05, 4.69) is 33.6 Å². The van der Waals surface area contributed by atoms with Gasteiger partial charge in [-0.2, -0.15) is 0 Å². The van der Waals surface area contributed by atoms with E-state index in [0.29, 0.717) is 85.3 Å². The van der Waals surface area contributed by atoms with Gasteiger partial charge in [0.2, 0.25) is 18.0 Å². The van der Waals surface area contributed by atoms with E-state index in [-0.39, 0.29) is 35.7 Å². The average molecular weight is 1020 g/mol. The number of hydrogen-bond donors (Lipinski definition) is 4. The van der Waals surface area contributed by atoms with Crippen LogP contribution in [-0.4, -0.2) is 115 Å². The quantitative estimate of drug-likeness (QED) is 0.0857. The second-order valence-electron chi connectivity index (χ2n) is 20.5. The molecule has 2 aromatic carbocycles. The molecule has 0 bridgehead atoms. The Balaban J connectivity index is 0.950. The van der Waals surface area contributed by atoms with E-state index in [9.17, 15) is 19.2 Å². The summed E-state index contributed by atoms with van der Waals surface area (Å²) in [6.45, 7) is 11.4. The molecule has 0 saturated carbocycles. The molecule has 6 atom stereocenters. The monoisotopic (exact) mass is 1020 g/mol. The maximum Gasteiger partial charge on any atom is 0.407 e. The smallest absolute Gasteiger partial charge is 0.407 e. The maximum absolute atomic E-state index is 17.0. The number of aromatic nitrogens is 6. The van der Waals surface area contributed by atoms with Gasteiger partial charge in [-0.3, -0.25) is 14.2 Å². The Hall–Kier alpha value is -6.80. The molecule has 20 heteroatoms. The normalized spacial score (nSPS) is 21.1. The number of thiazole rings is 1. The Bertz CT molecular complexity index is 3050. The van der Waals surface area contributed by atoms with E-state index >= 15 is 4.39 Å². The minimum Gasteiger partial charge on any atom is -0.464 e. The number of benzene rings is 2. The molecule has 4 amide bonds. The molecule has 18 nitrogen and oxygen atoms in total. The zero-order chi connectivity index (χ0) is 51.3. The van der Waals surface area contributed by atoms with Crippen LogP contribution in [0.5, 0.6) is 5.75 Å². The number of fused-ring (bicyclic) bond motifs is 5. The van der Waals surface area contributed by atoms with Crippen molar-refractivity contribution in [2.75, 3.05) is 33.9 Å². The number of imidazole rings is 2. The van der Waals surface area contributed by atoms with Gasteiger partial charge in [0.1, 0.15) is 35.3 Å². The molecule has 10 rings (SSSR count). The Morgan fingerprint density at radius 1 is 0.863 bits per heavy atom. The molecule has 8 heterocycles. The summed E-state index contributed by atoms with van der Waals surface area (Å²) in [6, 6.07) is 9.12. The summed E-state index contributed by atoms with van der Waals surface area (Å²) in [5.41, 5.74) is 4.07. The standard InChI is InChI=1S/C53H63FN10O8S/c1-8-11-42-55-27-41(73-42)50-64-36-15-14-29(34-25-56-46(58-34)38-13-10-18-63(38)49(66)45(61-52(68)70-7)30-16-19-71-53(4,5)24-30)20-32(36)22-39(64)43-33(54)21-31(23-40(43)72-50)35-26-57-47(59-35)37-12-9-17-62(37)48(65)44(28(2)3)60-51(67)69-6/h14-15,20-23,25-28,30,37-38,44-45,50H,8-13,16-19,24H2,1-7H3,(H,56,58)(H,57,59)(H,60,67)(H,61,68)/t30?,37-,38-,44-,45?,50?/m0/s1. The number of halogens is 1.